The number of thioether (sulfide) groups is 1. The van der Waals surface area contributed by atoms with Crippen LogP contribution in [0.4, 0.5) is 0 Å². The van der Waals surface area contributed by atoms with E-state index < -0.39 is 0 Å². The zero-order chi connectivity index (χ0) is 17.9. The summed E-state index contributed by atoms with van der Waals surface area (Å²) in [7, 11) is 0. The third-order valence-corrected chi connectivity index (χ3v) is 7.31. The van der Waals surface area contributed by atoms with E-state index in [9.17, 15) is 4.79 Å². The number of hydrogen-bond donors (Lipinski definition) is 1. The van der Waals surface area contributed by atoms with Gasteiger partial charge in [-0.25, -0.2) is 0 Å². The van der Waals surface area contributed by atoms with Gasteiger partial charge in [0.15, 0.2) is 4.34 Å². The van der Waals surface area contributed by atoms with Crippen molar-refractivity contribution in [1.29, 1.82) is 0 Å². The molecule has 7 heteroatoms. The number of hydrogen-bond acceptors (Lipinski definition) is 6. The summed E-state index contributed by atoms with van der Waals surface area (Å²) in [5, 5.41) is 12.3. The van der Waals surface area contributed by atoms with Crippen molar-refractivity contribution in [2.45, 2.75) is 42.6 Å². The molecule has 1 aromatic heterocycles. The maximum atomic E-state index is 12.8. The molecule has 2 saturated heterocycles. The standard InChI is InChI=1S/C19H24N4OS2/c1-13-21-22-19(26-13)25-11-9-20-18(24)15-12-17(14-6-3-2-4-7-14)23-10-5-8-16(15)23/h2-4,6-7,15-17H,5,8-12H2,1H3,(H,20,24)/t15-,16+,17-/m0/s1. The van der Waals surface area contributed by atoms with Crippen molar-refractivity contribution in [3.8, 4) is 0 Å². The highest BCUT2D eigenvalue weighted by molar-refractivity contribution is 8.01. The van der Waals surface area contributed by atoms with Crippen molar-refractivity contribution in [1.82, 2.24) is 20.4 Å². The molecule has 26 heavy (non-hydrogen) atoms. The highest BCUT2D eigenvalue weighted by Gasteiger charge is 2.46. The first kappa shape index (κ1) is 17.9. The summed E-state index contributed by atoms with van der Waals surface area (Å²) in [6.07, 6.45) is 3.27. The molecule has 4 rings (SSSR count). The SMILES string of the molecule is Cc1nnc(SCCNC(=O)[C@H]2C[C@@H](c3ccccc3)N3CCC[C@H]23)s1. The van der Waals surface area contributed by atoms with E-state index in [1.54, 1.807) is 23.1 Å². The normalized spacial score (nSPS) is 25.3. The van der Waals surface area contributed by atoms with Crippen LogP contribution in [0.2, 0.25) is 0 Å². The molecule has 0 unspecified atom stereocenters. The number of rotatable bonds is 6. The molecule has 2 aliphatic heterocycles. The lowest BCUT2D eigenvalue weighted by Gasteiger charge is -2.24. The van der Waals surface area contributed by atoms with Crippen LogP contribution in [0.5, 0.6) is 0 Å². The van der Waals surface area contributed by atoms with Gasteiger partial charge in [0.1, 0.15) is 5.01 Å². The minimum absolute atomic E-state index is 0.108. The molecule has 0 spiro atoms. The lowest BCUT2D eigenvalue weighted by molar-refractivity contribution is -0.125. The number of amides is 1. The lowest BCUT2D eigenvalue weighted by atomic mass is 9.93. The molecule has 1 aromatic carbocycles. The first-order valence-corrected chi connectivity index (χ1v) is 11.0. The van der Waals surface area contributed by atoms with Crippen molar-refractivity contribution in [2.24, 2.45) is 5.92 Å². The van der Waals surface area contributed by atoms with Crippen LogP contribution < -0.4 is 5.32 Å². The summed E-state index contributed by atoms with van der Waals surface area (Å²) in [6.45, 7) is 3.75. The van der Waals surface area contributed by atoms with Crippen LogP contribution in [0.15, 0.2) is 34.7 Å². The summed E-state index contributed by atoms with van der Waals surface area (Å²) in [4.78, 5) is 15.4. The van der Waals surface area contributed by atoms with Crippen molar-refractivity contribution >= 4 is 29.0 Å². The van der Waals surface area contributed by atoms with E-state index in [2.05, 4.69) is 50.7 Å². The molecule has 1 amide bonds. The number of fused-ring (bicyclic) bond motifs is 1. The summed E-state index contributed by atoms with van der Waals surface area (Å²) in [5.74, 6) is 1.16. The number of aromatic nitrogens is 2. The molecule has 0 bridgehead atoms. The Hall–Kier alpha value is -1.44. The number of nitrogens with one attached hydrogen (secondary N) is 1. The van der Waals surface area contributed by atoms with Gasteiger partial charge < -0.3 is 5.32 Å². The van der Waals surface area contributed by atoms with Gasteiger partial charge in [0.2, 0.25) is 5.91 Å². The molecule has 138 valence electrons. The van der Waals surface area contributed by atoms with E-state index >= 15 is 0 Å². The van der Waals surface area contributed by atoms with E-state index in [0.29, 0.717) is 18.6 Å². The molecule has 3 atom stereocenters. The molecule has 3 heterocycles. The molecule has 0 saturated carbocycles. The van der Waals surface area contributed by atoms with Gasteiger partial charge in [0.25, 0.3) is 0 Å². The van der Waals surface area contributed by atoms with Crippen LogP contribution in [0.3, 0.4) is 0 Å². The van der Waals surface area contributed by atoms with E-state index in [-0.39, 0.29) is 11.8 Å². The third kappa shape index (κ3) is 3.80. The van der Waals surface area contributed by atoms with Crippen LogP contribution in [-0.2, 0) is 4.79 Å². The van der Waals surface area contributed by atoms with E-state index in [4.69, 9.17) is 0 Å². The number of carbonyl (C=O) groups excluding carboxylic acids is 1. The monoisotopic (exact) mass is 388 g/mol. The Morgan fingerprint density at radius 2 is 2.19 bits per heavy atom. The number of benzene rings is 1. The summed E-state index contributed by atoms with van der Waals surface area (Å²) in [5.41, 5.74) is 1.34. The Morgan fingerprint density at radius 1 is 1.35 bits per heavy atom. The second-order valence-corrected chi connectivity index (χ2v) is 9.47. The fourth-order valence-corrected chi connectivity index (χ4v) is 5.97. The maximum absolute atomic E-state index is 12.8. The van der Waals surface area contributed by atoms with Gasteiger partial charge in [-0.1, -0.05) is 53.4 Å². The summed E-state index contributed by atoms with van der Waals surface area (Å²) < 4.78 is 0.976. The molecule has 5 nitrogen and oxygen atoms in total. The first-order chi connectivity index (χ1) is 12.7. The quantitative estimate of drug-likeness (QED) is 0.608. The van der Waals surface area contributed by atoms with Gasteiger partial charge in [0, 0.05) is 24.4 Å². The zero-order valence-electron chi connectivity index (χ0n) is 14.9. The van der Waals surface area contributed by atoms with Gasteiger partial charge >= 0.3 is 0 Å². The van der Waals surface area contributed by atoms with E-state index in [1.165, 1.54) is 12.0 Å². The number of carbonyl (C=O) groups is 1. The molecule has 2 aliphatic rings. The lowest BCUT2D eigenvalue weighted by Crippen LogP contribution is -2.38. The Kier molecular flexibility index (Phi) is 5.57. The van der Waals surface area contributed by atoms with Crippen molar-refractivity contribution in [3.05, 3.63) is 40.9 Å². The van der Waals surface area contributed by atoms with Crippen LogP contribution >= 0.6 is 23.1 Å². The van der Waals surface area contributed by atoms with Crippen LogP contribution in [0, 0.1) is 12.8 Å². The number of nitrogens with zero attached hydrogens (tertiary/aromatic N) is 3. The van der Waals surface area contributed by atoms with Gasteiger partial charge in [-0.15, -0.1) is 10.2 Å². The summed E-state index contributed by atoms with van der Waals surface area (Å²) in [6, 6.07) is 11.4. The van der Waals surface area contributed by atoms with Crippen molar-refractivity contribution < 1.29 is 4.79 Å². The molecule has 2 fully saturated rings. The largest absolute Gasteiger partial charge is 0.355 e. The predicted octanol–water partition coefficient (Wildman–Crippen LogP) is 3.28. The van der Waals surface area contributed by atoms with Crippen molar-refractivity contribution in [2.75, 3.05) is 18.8 Å². The Balaban J connectivity index is 1.32. The predicted molar refractivity (Wildman–Crippen MR) is 105 cm³/mol. The first-order valence-electron chi connectivity index (χ1n) is 9.23. The highest BCUT2D eigenvalue weighted by atomic mass is 32.2. The number of aryl methyl sites for hydroxylation is 1. The second kappa shape index (κ2) is 8.06. The average molecular weight is 389 g/mol. The maximum Gasteiger partial charge on any atom is 0.224 e. The molecule has 0 radical (unpaired) electrons. The second-order valence-electron chi connectivity index (χ2n) is 6.94. The van der Waals surface area contributed by atoms with Crippen LogP contribution in [-0.4, -0.2) is 45.9 Å². The highest BCUT2D eigenvalue weighted by Crippen LogP contribution is 2.44. The Bertz CT molecular complexity index is 751. The molecule has 0 aliphatic carbocycles. The van der Waals surface area contributed by atoms with Gasteiger partial charge in [-0.05, 0) is 38.3 Å². The minimum Gasteiger partial charge on any atom is -0.355 e. The fraction of sp³-hybridized carbons (Fsp3) is 0.526. The Labute approximate surface area is 162 Å². The molecular weight excluding hydrogens is 364 g/mol. The van der Waals surface area contributed by atoms with Crippen molar-refractivity contribution in [3.63, 3.8) is 0 Å². The minimum atomic E-state index is 0.108. The van der Waals surface area contributed by atoms with Crippen LogP contribution in [0.1, 0.15) is 35.9 Å². The smallest absolute Gasteiger partial charge is 0.224 e. The zero-order valence-corrected chi connectivity index (χ0v) is 16.6. The third-order valence-electron chi connectivity index (χ3n) is 5.34. The van der Waals surface area contributed by atoms with Crippen LogP contribution in [0.25, 0.3) is 0 Å². The van der Waals surface area contributed by atoms with E-state index in [1.807, 2.05) is 6.92 Å². The van der Waals surface area contributed by atoms with E-state index in [0.717, 1.165) is 34.5 Å². The van der Waals surface area contributed by atoms with Gasteiger partial charge in [-0.2, -0.15) is 0 Å². The molecule has 1 N–H and O–H groups in total. The average Bonchev–Trinajstić information content (AvgIpc) is 3.36. The Morgan fingerprint density at radius 3 is 2.96 bits per heavy atom. The molecule has 2 aromatic rings. The van der Waals surface area contributed by atoms with Gasteiger partial charge in [0.05, 0.1) is 5.92 Å². The van der Waals surface area contributed by atoms with Gasteiger partial charge in [-0.3, -0.25) is 9.69 Å². The summed E-state index contributed by atoms with van der Waals surface area (Å²) >= 11 is 3.27. The topological polar surface area (TPSA) is 58.1 Å². The fourth-order valence-electron chi connectivity index (χ4n) is 4.23. The molecular formula is C19H24N4OS2.